The standard InChI is InChI=1S/C78H152O17P2/c1-7-11-13-15-17-19-20-21-22-23-27-30-37-43-49-55-61-76(81)89-67-74(94-77(82)62-56-50-44-38-31-28-25-24-26-29-35-40-46-52-58-70(5)9-3)69-93-97(86,87)91-65-72(79)64-90-96(84,85)92-68-73(66-88-75(80)60-54-48-42-34-18-16-14-12-8-2)95-78(83)63-57-51-45-39-33-32-36-41-47-53-59-71(6)10-4/h70-74,79H,7-69H2,1-6H3,(H,84,85)(H,86,87)/t70?,71?,72-,73+,74+/m0/s1. The summed E-state index contributed by atoms with van der Waals surface area (Å²) in [5.74, 6) is -0.463. The predicted molar refractivity (Wildman–Crippen MR) is 395 cm³/mol. The van der Waals surface area contributed by atoms with Crippen molar-refractivity contribution in [1.82, 2.24) is 0 Å². The Morgan fingerprint density at radius 1 is 0.289 bits per heavy atom. The largest absolute Gasteiger partial charge is 0.472 e. The van der Waals surface area contributed by atoms with Gasteiger partial charge in [-0.2, -0.15) is 0 Å². The van der Waals surface area contributed by atoms with Gasteiger partial charge in [0, 0.05) is 25.7 Å². The first-order chi connectivity index (χ1) is 46.9. The van der Waals surface area contributed by atoms with E-state index in [1.54, 1.807) is 0 Å². The van der Waals surface area contributed by atoms with Crippen LogP contribution in [0, 0.1) is 11.8 Å². The van der Waals surface area contributed by atoms with Crippen molar-refractivity contribution in [3.05, 3.63) is 0 Å². The van der Waals surface area contributed by atoms with Crippen molar-refractivity contribution in [2.24, 2.45) is 11.8 Å². The summed E-state index contributed by atoms with van der Waals surface area (Å²) >= 11 is 0. The van der Waals surface area contributed by atoms with Crippen molar-refractivity contribution in [1.29, 1.82) is 0 Å². The number of carbonyl (C=O) groups is 4. The minimum Gasteiger partial charge on any atom is -0.462 e. The zero-order valence-electron chi connectivity index (χ0n) is 63.4. The smallest absolute Gasteiger partial charge is 0.462 e. The number of phosphoric ester groups is 2. The molecular formula is C78H152O17P2. The summed E-state index contributed by atoms with van der Waals surface area (Å²) in [7, 11) is -9.91. The minimum atomic E-state index is -4.96. The minimum absolute atomic E-state index is 0.106. The fraction of sp³-hybridized carbons (Fsp3) is 0.949. The molecule has 0 radical (unpaired) electrons. The molecule has 97 heavy (non-hydrogen) atoms. The van der Waals surface area contributed by atoms with Crippen molar-refractivity contribution in [2.45, 2.75) is 426 Å². The first kappa shape index (κ1) is 95.1. The Hall–Kier alpha value is -1.94. The number of hydrogen-bond acceptors (Lipinski definition) is 15. The van der Waals surface area contributed by atoms with Crippen LogP contribution in [-0.4, -0.2) is 96.7 Å². The maximum Gasteiger partial charge on any atom is 0.472 e. The van der Waals surface area contributed by atoms with Crippen LogP contribution >= 0.6 is 15.6 Å². The summed E-state index contributed by atoms with van der Waals surface area (Å²) in [4.78, 5) is 72.9. The van der Waals surface area contributed by atoms with Crippen LogP contribution in [0.3, 0.4) is 0 Å². The molecular weight excluding hydrogens is 1270 g/mol. The monoisotopic (exact) mass is 1420 g/mol. The van der Waals surface area contributed by atoms with Gasteiger partial charge in [-0.25, -0.2) is 9.13 Å². The molecule has 0 aromatic heterocycles. The lowest BCUT2D eigenvalue weighted by Crippen LogP contribution is -2.30. The van der Waals surface area contributed by atoms with E-state index in [2.05, 4.69) is 41.5 Å². The van der Waals surface area contributed by atoms with Crippen molar-refractivity contribution in [3.63, 3.8) is 0 Å². The van der Waals surface area contributed by atoms with Gasteiger partial charge < -0.3 is 33.8 Å². The second-order valence-electron chi connectivity index (χ2n) is 28.6. The third kappa shape index (κ3) is 69.5. The summed E-state index contributed by atoms with van der Waals surface area (Å²) in [5, 5.41) is 10.6. The molecule has 0 fully saturated rings. The number of esters is 4. The van der Waals surface area contributed by atoms with Gasteiger partial charge in [0.2, 0.25) is 0 Å². The molecule has 0 spiro atoms. The number of hydrogen-bond donors (Lipinski definition) is 3. The molecule has 0 aromatic carbocycles. The molecule has 19 heteroatoms. The number of phosphoric acid groups is 2. The maximum atomic E-state index is 13.1. The van der Waals surface area contributed by atoms with Gasteiger partial charge in [0.15, 0.2) is 12.2 Å². The van der Waals surface area contributed by atoms with Gasteiger partial charge in [0.25, 0.3) is 0 Å². The zero-order valence-corrected chi connectivity index (χ0v) is 65.2. The van der Waals surface area contributed by atoms with Gasteiger partial charge in [-0.05, 0) is 37.5 Å². The van der Waals surface area contributed by atoms with Gasteiger partial charge in [0.05, 0.1) is 26.4 Å². The molecule has 17 nitrogen and oxygen atoms in total. The molecule has 4 unspecified atom stereocenters. The van der Waals surface area contributed by atoms with Crippen LogP contribution < -0.4 is 0 Å². The van der Waals surface area contributed by atoms with E-state index >= 15 is 0 Å². The summed E-state index contributed by atoms with van der Waals surface area (Å²) in [6.07, 6.45) is 58.1. The molecule has 0 rings (SSSR count). The molecule has 0 heterocycles. The van der Waals surface area contributed by atoms with Crippen LogP contribution in [0.15, 0.2) is 0 Å². The Morgan fingerprint density at radius 3 is 0.732 bits per heavy atom. The highest BCUT2D eigenvalue weighted by Crippen LogP contribution is 2.45. The highest BCUT2D eigenvalue weighted by molar-refractivity contribution is 7.47. The molecule has 576 valence electrons. The molecule has 0 bridgehead atoms. The van der Waals surface area contributed by atoms with E-state index in [0.717, 1.165) is 102 Å². The van der Waals surface area contributed by atoms with E-state index in [1.165, 1.54) is 225 Å². The molecule has 0 amide bonds. The molecule has 0 aliphatic carbocycles. The quantitative estimate of drug-likeness (QED) is 0.0222. The summed E-state index contributed by atoms with van der Waals surface area (Å²) < 4.78 is 68.6. The van der Waals surface area contributed by atoms with Gasteiger partial charge >= 0.3 is 39.5 Å². The van der Waals surface area contributed by atoms with Crippen LogP contribution in [0.2, 0.25) is 0 Å². The van der Waals surface area contributed by atoms with E-state index in [9.17, 15) is 43.2 Å². The predicted octanol–water partition coefficient (Wildman–Crippen LogP) is 23.1. The molecule has 0 saturated heterocycles. The lowest BCUT2D eigenvalue weighted by Gasteiger charge is -2.21. The average molecular weight is 1420 g/mol. The van der Waals surface area contributed by atoms with E-state index in [0.29, 0.717) is 25.7 Å². The maximum absolute atomic E-state index is 13.1. The van der Waals surface area contributed by atoms with Crippen molar-refractivity contribution < 1.29 is 80.2 Å². The fourth-order valence-corrected chi connectivity index (χ4v) is 13.5. The first-order valence-electron chi connectivity index (χ1n) is 40.6. The summed E-state index contributed by atoms with van der Waals surface area (Å²) in [6, 6.07) is 0. The Labute approximate surface area is 594 Å². The Morgan fingerprint density at radius 2 is 0.495 bits per heavy atom. The Kier molecular flexibility index (Phi) is 68.4. The molecule has 0 saturated carbocycles. The SMILES string of the molecule is CCCCCCCCCCCCCCCCCCC(=O)OC[C@H](COP(=O)(O)OC[C@@H](O)COP(=O)(O)OC[C@@H](COC(=O)CCCCCCCCCCC)OC(=O)CCCCCCCCCCCCC(C)CC)OC(=O)CCCCCCCCCCCCCCCCC(C)CC. The lowest BCUT2D eigenvalue weighted by molar-refractivity contribution is -0.161. The number of aliphatic hydroxyl groups is 1. The average Bonchev–Trinajstić information content (AvgIpc) is 1.33. The van der Waals surface area contributed by atoms with Gasteiger partial charge in [-0.3, -0.25) is 37.3 Å². The third-order valence-electron chi connectivity index (χ3n) is 18.9. The van der Waals surface area contributed by atoms with Crippen LogP contribution in [0.1, 0.15) is 408 Å². The summed E-state index contributed by atoms with van der Waals surface area (Å²) in [6.45, 7) is 9.68. The fourth-order valence-electron chi connectivity index (χ4n) is 11.9. The number of ether oxygens (including phenoxy) is 4. The van der Waals surface area contributed by atoms with Crippen molar-refractivity contribution >= 4 is 39.5 Å². The number of unbranched alkanes of at least 4 members (excludes halogenated alkanes) is 45. The highest BCUT2D eigenvalue weighted by Gasteiger charge is 2.30. The van der Waals surface area contributed by atoms with Gasteiger partial charge in [-0.15, -0.1) is 0 Å². The molecule has 7 atom stereocenters. The molecule has 3 N–H and O–H groups in total. The van der Waals surface area contributed by atoms with E-state index in [1.807, 2.05) is 0 Å². The third-order valence-corrected chi connectivity index (χ3v) is 20.8. The normalized spacial score (nSPS) is 14.5. The van der Waals surface area contributed by atoms with Crippen LogP contribution in [0.25, 0.3) is 0 Å². The number of rotatable bonds is 77. The molecule has 0 aliphatic rings. The van der Waals surface area contributed by atoms with Crippen molar-refractivity contribution in [2.75, 3.05) is 39.6 Å². The molecule has 0 aliphatic heterocycles. The van der Waals surface area contributed by atoms with E-state index in [4.69, 9.17) is 37.0 Å². The topological polar surface area (TPSA) is 237 Å². The zero-order chi connectivity index (χ0) is 71.4. The van der Waals surface area contributed by atoms with Gasteiger partial charge in [-0.1, -0.05) is 356 Å². The number of aliphatic hydroxyl groups excluding tert-OH is 1. The van der Waals surface area contributed by atoms with Crippen LogP contribution in [-0.2, 0) is 65.4 Å². The van der Waals surface area contributed by atoms with Crippen LogP contribution in [0.4, 0.5) is 0 Å². The lowest BCUT2D eigenvalue weighted by atomic mass is 9.99. The van der Waals surface area contributed by atoms with Crippen molar-refractivity contribution in [3.8, 4) is 0 Å². The number of carbonyl (C=O) groups excluding carboxylic acids is 4. The first-order valence-corrected chi connectivity index (χ1v) is 43.6. The van der Waals surface area contributed by atoms with Gasteiger partial charge in [0.1, 0.15) is 19.3 Å². The van der Waals surface area contributed by atoms with Crippen LogP contribution in [0.5, 0.6) is 0 Å². The highest BCUT2D eigenvalue weighted by atomic mass is 31.2. The Bertz CT molecular complexity index is 1880. The molecule has 0 aromatic rings. The second-order valence-corrected chi connectivity index (χ2v) is 31.5. The second kappa shape index (κ2) is 69.8. The van der Waals surface area contributed by atoms with E-state index < -0.39 is 97.5 Å². The van der Waals surface area contributed by atoms with E-state index in [-0.39, 0.29) is 25.7 Å². The summed E-state index contributed by atoms with van der Waals surface area (Å²) in [5.41, 5.74) is 0. The Balaban J connectivity index is 5.24.